The van der Waals surface area contributed by atoms with Crippen LogP contribution in [0.1, 0.15) is 36.8 Å². The van der Waals surface area contributed by atoms with Crippen molar-refractivity contribution in [3.8, 4) is 11.5 Å². The van der Waals surface area contributed by atoms with Crippen molar-refractivity contribution in [1.29, 1.82) is 0 Å². The number of hydrogen-bond acceptors (Lipinski definition) is 6. The summed E-state index contributed by atoms with van der Waals surface area (Å²) in [4.78, 5) is 59.4. The minimum absolute atomic E-state index is 0.0864. The maximum Gasteiger partial charge on any atom is 0.241 e. The lowest BCUT2D eigenvalue weighted by Gasteiger charge is -2.49. The molecule has 10 heteroatoms. The highest BCUT2D eigenvalue weighted by atomic mass is 79.9. The number of carbonyl (C=O) groups excluding carboxylic acids is 4. The van der Waals surface area contributed by atoms with Gasteiger partial charge in [0.25, 0.3) is 0 Å². The molecule has 1 N–H and O–H groups in total. The van der Waals surface area contributed by atoms with Gasteiger partial charge >= 0.3 is 0 Å². The standard InChI is InChI=1S/C35H30BrClN2O6/c1-17-9-10-20(15-26(17)37)38-31(41)22-12-11-21-23(28(22)33(38)43)16-24-32(42)39(19-7-5-4-6-8-19)34(44)35(24,2)29(21)18-13-25(36)30(40)27(14-18)45-3/h4-11,13-15,22-24,28-29,40H,12,16H2,1-3H3/t22-,23+,24-,28-,29-,35+/m0/s1. The second kappa shape index (κ2) is 10.6. The Hall–Kier alpha value is -3.95. The van der Waals surface area contributed by atoms with Crippen LogP contribution in [-0.2, 0) is 19.2 Å². The fraction of sp³-hybridized carbons (Fsp3) is 0.314. The number of nitrogens with zero attached hydrogens (tertiary/aromatic N) is 2. The molecule has 2 aliphatic heterocycles. The first-order valence-electron chi connectivity index (χ1n) is 14.8. The number of hydrogen-bond donors (Lipinski definition) is 1. The third-order valence-electron chi connectivity index (χ3n) is 10.3. The van der Waals surface area contributed by atoms with E-state index in [0.717, 1.165) is 11.1 Å². The van der Waals surface area contributed by atoms with E-state index >= 15 is 0 Å². The molecule has 8 nitrogen and oxygen atoms in total. The summed E-state index contributed by atoms with van der Waals surface area (Å²) in [5.74, 6) is -4.34. The lowest BCUT2D eigenvalue weighted by Crippen LogP contribution is -2.48. The van der Waals surface area contributed by atoms with E-state index in [2.05, 4.69) is 15.9 Å². The predicted molar refractivity (Wildman–Crippen MR) is 172 cm³/mol. The minimum Gasteiger partial charge on any atom is -0.503 e. The number of imide groups is 2. The van der Waals surface area contributed by atoms with E-state index in [1.165, 1.54) is 16.9 Å². The Morgan fingerprint density at radius 1 is 0.933 bits per heavy atom. The van der Waals surface area contributed by atoms with Crippen LogP contribution < -0.4 is 14.5 Å². The average Bonchev–Trinajstić information content (AvgIpc) is 3.39. The molecule has 0 unspecified atom stereocenters. The van der Waals surface area contributed by atoms with E-state index in [-0.39, 0.29) is 41.5 Å². The molecule has 4 amide bonds. The number of benzene rings is 3. The normalized spacial score (nSPS) is 29.0. The van der Waals surface area contributed by atoms with Gasteiger partial charge in [0.05, 0.1) is 46.1 Å². The number of anilines is 2. The third-order valence-corrected chi connectivity index (χ3v) is 11.3. The van der Waals surface area contributed by atoms with Gasteiger partial charge in [0.2, 0.25) is 23.6 Å². The van der Waals surface area contributed by atoms with E-state index in [1.807, 2.05) is 26.0 Å². The highest BCUT2D eigenvalue weighted by Gasteiger charge is 2.67. The van der Waals surface area contributed by atoms with Crippen molar-refractivity contribution in [2.45, 2.75) is 32.6 Å². The summed E-state index contributed by atoms with van der Waals surface area (Å²) in [6, 6.07) is 17.4. The molecule has 230 valence electrons. The SMILES string of the molecule is COc1cc([C@H]2C3=CC[C@@H]4C(=O)N(c5ccc(C)c(Cl)c5)C(=O)[C@@H]4[C@@H]3C[C@H]3C(=O)N(c4ccccc4)C(=O)[C@@]23C)cc(Br)c1O. The van der Waals surface area contributed by atoms with Crippen molar-refractivity contribution in [1.82, 2.24) is 0 Å². The highest BCUT2D eigenvalue weighted by molar-refractivity contribution is 9.10. The fourth-order valence-corrected chi connectivity index (χ4v) is 8.74. The smallest absolute Gasteiger partial charge is 0.241 e. The zero-order valence-corrected chi connectivity index (χ0v) is 27.1. The number of methoxy groups -OCH3 is 1. The van der Waals surface area contributed by atoms with Crippen LogP contribution in [0.15, 0.2) is 76.8 Å². The van der Waals surface area contributed by atoms with Crippen LogP contribution >= 0.6 is 27.5 Å². The zero-order chi connectivity index (χ0) is 31.9. The van der Waals surface area contributed by atoms with Crippen LogP contribution in [0.3, 0.4) is 0 Å². The van der Waals surface area contributed by atoms with Gasteiger partial charge in [-0.3, -0.25) is 19.2 Å². The molecule has 3 fully saturated rings. The molecule has 0 aromatic heterocycles. The molecule has 2 aliphatic carbocycles. The monoisotopic (exact) mass is 688 g/mol. The Labute approximate surface area is 273 Å². The van der Waals surface area contributed by atoms with Crippen LogP contribution in [0, 0.1) is 36.0 Å². The number of aromatic hydroxyl groups is 1. The van der Waals surface area contributed by atoms with Gasteiger partial charge in [0, 0.05) is 10.9 Å². The summed E-state index contributed by atoms with van der Waals surface area (Å²) >= 11 is 9.83. The molecule has 0 spiro atoms. The van der Waals surface area contributed by atoms with Crippen LogP contribution in [0.25, 0.3) is 0 Å². The van der Waals surface area contributed by atoms with Gasteiger partial charge < -0.3 is 9.84 Å². The Morgan fingerprint density at radius 3 is 2.36 bits per heavy atom. The third kappa shape index (κ3) is 4.16. The summed E-state index contributed by atoms with van der Waals surface area (Å²) < 4.78 is 5.85. The number of aryl methyl sites for hydroxylation is 1. The number of rotatable bonds is 4. The summed E-state index contributed by atoms with van der Waals surface area (Å²) in [6.45, 7) is 3.67. The number of carbonyl (C=O) groups is 4. The number of amides is 4. The van der Waals surface area contributed by atoms with Gasteiger partial charge in [-0.15, -0.1) is 0 Å². The number of phenolic OH excluding ortho intramolecular Hbond substituents is 1. The van der Waals surface area contributed by atoms with Crippen molar-refractivity contribution in [3.63, 3.8) is 0 Å². The van der Waals surface area contributed by atoms with E-state index in [9.17, 15) is 24.3 Å². The topological polar surface area (TPSA) is 104 Å². The van der Waals surface area contributed by atoms with Gasteiger partial charge in [-0.2, -0.15) is 0 Å². The maximum atomic E-state index is 14.5. The second-order valence-electron chi connectivity index (χ2n) is 12.5. The number of phenols is 1. The van der Waals surface area contributed by atoms with Crippen molar-refractivity contribution >= 4 is 62.5 Å². The molecule has 7 rings (SSSR count). The summed E-state index contributed by atoms with van der Waals surface area (Å²) in [6.07, 6.45) is 2.55. The number of fused-ring (bicyclic) bond motifs is 4. The van der Waals surface area contributed by atoms with Crippen LogP contribution in [0.4, 0.5) is 11.4 Å². The largest absolute Gasteiger partial charge is 0.503 e. The van der Waals surface area contributed by atoms with Gasteiger partial charge in [-0.05, 0) is 96.1 Å². The molecule has 3 aromatic rings. The molecule has 1 saturated carbocycles. The average molecular weight is 690 g/mol. The van der Waals surface area contributed by atoms with Crippen LogP contribution in [0.2, 0.25) is 5.02 Å². The first-order chi connectivity index (χ1) is 21.5. The predicted octanol–water partition coefficient (Wildman–Crippen LogP) is 6.56. The molecule has 3 aromatic carbocycles. The van der Waals surface area contributed by atoms with Gasteiger partial charge in [-0.1, -0.05) is 47.5 Å². The Balaban J connectivity index is 1.39. The maximum absolute atomic E-state index is 14.5. The quantitative estimate of drug-likeness (QED) is 0.246. The molecule has 2 heterocycles. The molecule has 6 atom stereocenters. The Bertz CT molecular complexity index is 1840. The van der Waals surface area contributed by atoms with Crippen molar-refractivity contribution in [2.75, 3.05) is 16.9 Å². The molecular weight excluding hydrogens is 660 g/mol. The zero-order valence-electron chi connectivity index (χ0n) is 24.8. The Morgan fingerprint density at radius 2 is 1.67 bits per heavy atom. The first kappa shape index (κ1) is 29.7. The number of halogens is 2. The minimum atomic E-state index is -1.21. The van der Waals surface area contributed by atoms with Crippen LogP contribution in [0.5, 0.6) is 11.5 Å². The number of ether oxygens (including phenoxy) is 1. The van der Waals surface area contributed by atoms with Gasteiger partial charge in [-0.25, -0.2) is 9.80 Å². The summed E-state index contributed by atoms with van der Waals surface area (Å²) in [5.41, 5.74) is 2.03. The van der Waals surface area contributed by atoms with E-state index < -0.39 is 35.0 Å². The molecular formula is C35H30BrClN2O6. The van der Waals surface area contributed by atoms with E-state index in [0.29, 0.717) is 32.9 Å². The van der Waals surface area contributed by atoms with Gasteiger partial charge in [0.1, 0.15) is 0 Å². The van der Waals surface area contributed by atoms with Crippen molar-refractivity contribution in [2.24, 2.45) is 29.1 Å². The van der Waals surface area contributed by atoms with Gasteiger partial charge in [0.15, 0.2) is 11.5 Å². The Kier molecular flexibility index (Phi) is 6.98. The molecule has 4 aliphatic rings. The number of para-hydroxylation sites is 1. The summed E-state index contributed by atoms with van der Waals surface area (Å²) in [5, 5.41) is 11.1. The van der Waals surface area contributed by atoms with E-state index in [4.69, 9.17) is 16.3 Å². The summed E-state index contributed by atoms with van der Waals surface area (Å²) in [7, 11) is 1.44. The lowest BCUT2D eigenvalue weighted by atomic mass is 9.51. The molecule has 2 saturated heterocycles. The van der Waals surface area contributed by atoms with E-state index in [1.54, 1.807) is 54.6 Å². The molecule has 0 bridgehead atoms. The highest BCUT2D eigenvalue weighted by Crippen LogP contribution is 2.64. The molecule has 45 heavy (non-hydrogen) atoms. The second-order valence-corrected chi connectivity index (χ2v) is 13.8. The fourth-order valence-electron chi connectivity index (χ4n) is 8.11. The first-order valence-corrected chi connectivity index (χ1v) is 16.0. The molecule has 0 radical (unpaired) electrons. The van der Waals surface area contributed by atoms with Crippen molar-refractivity contribution in [3.05, 3.63) is 92.9 Å². The van der Waals surface area contributed by atoms with Crippen LogP contribution in [-0.4, -0.2) is 35.8 Å². The number of allylic oxidation sites excluding steroid dienone is 2. The van der Waals surface area contributed by atoms with Crippen molar-refractivity contribution < 1.29 is 29.0 Å². The lowest BCUT2D eigenvalue weighted by molar-refractivity contribution is -0.131.